The first-order valence-electron chi connectivity index (χ1n) is 5.81. The third-order valence-corrected chi connectivity index (χ3v) is 2.81. The average Bonchev–Trinajstić information content (AvgIpc) is 2.31. The molecule has 102 valence electrons. The van der Waals surface area contributed by atoms with Crippen LogP contribution in [0, 0.1) is 0 Å². The van der Waals surface area contributed by atoms with Gasteiger partial charge in [0.1, 0.15) is 5.88 Å². The van der Waals surface area contributed by atoms with Crippen molar-refractivity contribution in [3.63, 3.8) is 0 Å². The molecule has 18 heavy (non-hydrogen) atoms. The highest BCUT2D eigenvalue weighted by Gasteiger charge is 2.08. The van der Waals surface area contributed by atoms with Crippen LogP contribution in [0.5, 0.6) is 0 Å². The van der Waals surface area contributed by atoms with Crippen LogP contribution in [-0.4, -0.2) is 24.4 Å². The lowest BCUT2D eigenvalue weighted by Crippen LogP contribution is -2.30. The average molecular weight is 291 g/mol. The van der Waals surface area contributed by atoms with Crippen LogP contribution in [0.25, 0.3) is 0 Å². The van der Waals surface area contributed by atoms with E-state index < -0.39 is 0 Å². The summed E-state index contributed by atoms with van der Waals surface area (Å²) < 4.78 is 0. The van der Waals surface area contributed by atoms with Gasteiger partial charge in [0.05, 0.1) is 0 Å². The molecule has 1 aromatic rings. The fourth-order valence-corrected chi connectivity index (χ4v) is 1.84. The summed E-state index contributed by atoms with van der Waals surface area (Å²) in [5.41, 5.74) is 1.94. The first-order valence-corrected chi connectivity index (χ1v) is 6.34. The molecule has 0 saturated carbocycles. The molecule has 0 aliphatic carbocycles. The zero-order valence-electron chi connectivity index (χ0n) is 10.9. The standard InChI is InChI=1S/C13H19ClN2O.ClH/c1-4-16(10(2)3)12-7-5-11(6-8-12)15-13(17)9-14;/h5-8,10H,4,9H2,1-3H3,(H,15,17);1H. The Morgan fingerprint density at radius 1 is 1.33 bits per heavy atom. The highest BCUT2D eigenvalue weighted by molar-refractivity contribution is 6.29. The van der Waals surface area contributed by atoms with Crippen molar-refractivity contribution in [3.8, 4) is 0 Å². The van der Waals surface area contributed by atoms with Gasteiger partial charge in [0, 0.05) is 24.0 Å². The topological polar surface area (TPSA) is 32.3 Å². The Labute approximate surface area is 120 Å². The molecule has 0 saturated heterocycles. The van der Waals surface area contributed by atoms with E-state index >= 15 is 0 Å². The van der Waals surface area contributed by atoms with Crippen molar-refractivity contribution in [1.29, 1.82) is 0 Å². The van der Waals surface area contributed by atoms with E-state index in [2.05, 4.69) is 31.0 Å². The van der Waals surface area contributed by atoms with E-state index in [4.69, 9.17) is 11.6 Å². The summed E-state index contributed by atoms with van der Waals surface area (Å²) in [6.07, 6.45) is 0. The molecule has 0 spiro atoms. The second-order valence-electron chi connectivity index (χ2n) is 4.11. The monoisotopic (exact) mass is 290 g/mol. The van der Waals surface area contributed by atoms with Crippen molar-refractivity contribution in [3.05, 3.63) is 24.3 Å². The minimum Gasteiger partial charge on any atom is -0.369 e. The lowest BCUT2D eigenvalue weighted by atomic mass is 10.2. The van der Waals surface area contributed by atoms with E-state index in [1.165, 1.54) is 0 Å². The van der Waals surface area contributed by atoms with Gasteiger partial charge in [-0.3, -0.25) is 4.79 Å². The number of alkyl halides is 1. The fourth-order valence-electron chi connectivity index (χ4n) is 1.78. The van der Waals surface area contributed by atoms with Crippen molar-refractivity contribution < 1.29 is 4.79 Å². The normalized spacial score (nSPS) is 9.83. The maximum atomic E-state index is 11.1. The summed E-state index contributed by atoms with van der Waals surface area (Å²) in [5.74, 6) is -0.204. The SMILES string of the molecule is CCN(c1ccc(NC(=O)CCl)cc1)C(C)C.Cl. The van der Waals surface area contributed by atoms with E-state index in [9.17, 15) is 4.79 Å². The minimum absolute atomic E-state index is 0. The van der Waals surface area contributed by atoms with Gasteiger partial charge in [-0.1, -0.05) is 0 Å². The number of nitrogens with zero attached hydrogens (tertiary/aromatic N) is 1. The number of nitrogens with one attached hydrogen (secondary N) is 1. The Hall–Kier alpha value is -0.930. The molecule has 0 aliphatic rings. The van der Waals surface area contributed by atoms with Crippen LogP contribution in [-0.2, 0) is 4.79 Å². The smallest absolute Gasteiger partial charge is 0.239 e. The quantitative estimate of drug-likeness (QED) is 0.842. The molecule has 1 N–H and O–H groups in total. The number of hydrogen-bond donors (Lipinski definition) is 1. The molecular weight excluding hydrogens is 271 g/mol. The molecule has 0 bridgehead atoms. The third-order valence-electron chi connectivity index (χ3n) is 2.57. The predicted octanol–water partition coefficient (Wildman–Crippen LogP) is 3.52. The Balaban J connectivity index is 0.00000289. The van der Waals surface area contributed by atoms with Gasteiger partial charge in [-0.15, -0.1) is 24.0 Å². The molecule has 1 aromatic carbocycles. The van der Waals surface area contributed by atoms with Crippen molar-refractivity contribution >= 4 is 41.3 Å². The minimum atomic E-state index is -0.185. The number of amides is 1. The number of halogens is 2. The van der Waals surface area contributed by atoms with E-state index in [-0.39, 0.29) is 24.2 Å². The molecule has 0 fully saturated rings. The molecule has 3 nitrogen and oxygen atoms in total. The highest BCUT2D eigenvalue weighted by Crippen LogP contribution is 2.19. The molecule has 0 radical (unpaired) electrons. The summed E-state index contributed by atoms with van der Waals surface area (Å²) in [5, 5.41) is 2.72. The second-order valence-corrected chi connectivity index (χ2v) is 4.38. The van der Waals surface area contributed by atoms with Crippen LogP contribution >= 0.6 is 24.0 Å². The number of hydrogen-bond acceptors (Lipinski definition) is 2. The van der Waals surface area contributed by atoms with Gasteiger partial charge in [0.2, 0.25) is 5.91 Å². The molecule has 0 atom stereocenters. The van der Waals surface area contributed by atoms with E-state index in [1.807, 2.05) is 24.3 Å². The summed E-state index contributed by atoms with van der Waals surface area (Å²) in [7, 11) is 0. The fraction of sp³-hybridized carbons (Fsp3) is 0.462. The zero-order chi connectivity index (χ0) is 12.8. The third kappa shape index (κ3) is 4.75. The molecule has 0 aromatic heterocycles. The Kier molecular flexibility index (Phi) is 7.80. The van der Waals surface area contributed by atoms with Crippen LogP contribution in [0.2, 0.25) is 0 Å². The molecule has 1 rings (SSSR count). The predicted molar refractivity (Wildman–Crippen MR) is 81.2 cm³/mol. The molecule has 0 aliphatic heterocycles. The number of benzene rings is 1. The maximum Gasteiger partial charge on any atom is 0.239 e. The van der Waals surface area contributed by atoms with Crippen molar-refractivity contribution in [1.82, 2.24) is 0 Å². The maximum absolute atomic E-state index is 11.1. The first kappa shape index (κ1) is 17.1. The second kappa shape index (κ2) is 8.22. The summed E-state index contributed by atoms with van der Waals surface area (Å²) >= 11 is 5.43. The van der Waals surface area contributed by atoms with Crippen LogP contribution in [0.4, 0.5) is 11.4 Å². The lowest BCUT2D eigenvalue weighted by Gasteiger charge is -2.27. The molecule has 5 heteroatoms. The van der Waals surface area contributed by atoms with Crippen LogP contribution in [0.15, 0.2) is 24.3 Å². The van der Waals surface area contributed by atoms with Gasteiger partial charge < -0.3 is 10.2 Å². The summed E-state index contributed by atoms with van der Waals surface area (Å²) in [4.78, 5) is 13.4. The van der Waals surface area contributed by atoms with Gasteiger partial charge >= 0.3 is 0 Å². The van der Waals surface area contributed by atoms with Gasteiger partial charge in [-0.2, -0.15) is 0 Å². The molecule has 0 heterocycles. The van der Waals surface area contributed by atoms with E-state index in [0.717, 1.165) is 17.9 Å². The molecule has 1 amide bonds. The van der Waals surface area contributed by atoms with Gasteiger partial charge in [-0.25, -0.2) is 0 Å². The van der Waals surface area contributed by atoms with Crippen LogP contribution in [0.1, 0.15) is 20.8 Å². The van der Waals surface area contributed by atoms with Gasteiger partial charge in [-0.05, 0) is 45.0 Å². The summed E-state index contributed by atoms with van der Waals surface area (Å²) in [6.45, 7) is 7.41. The van der Waals surface area contributed by atoms with Crippen LogP contribution in [0.3, 0.4) is 0 Å². The van der Waals surface area contributed by atoms with Crippen LogP contribution < -0.4 is 10.2 Å². The number of anilines is 2. The van der Waals surface area contributed by atoms with Gasteiger partial charge in [0.15, 0.2) is 0 Å². The highest BCUT2D eigenvalue weighted by atomic mass is 35.5. The van der Waals surface area contributed by atoms with E-state index in [0.29, 0.717) is 6.04 Å². The van der Waals surface area contributed by atoms with Crippen molar-refractivity contribution in [2.75, 3.05) is 22.6 Å². The lowest BCUT2D eigenvalue weighted by molar-refractivity contribution is -0.113. The Morgan fingerprint density at radius 2 is 1.89 bits per heavy atom. The van der Waals surface area contributed by atoms with Crippen molar-refractivity contribution in [2.24, 2.45) is 0 Å². The number of rotatable bonds is 5. The first-order chi connectivity index (χ1) is 8.08. The van der Waals surface area contributed by atoms with Gasteiger partial charge in [0.25, 0.3) is 0 Å². The zero-order valence-corrected chi connectivity index (χ0v) is 12.5. The van der Waals surface area contributed by atoms with Crippen molar-refractivity contribution in [2.45, 2.75) is 26.8 Å². The largest absolute Gasteiger partial charge is 0.369 e. The Bertz CT molecular complexity index is 366. The summed E-state index contributed by atoms with van der Waals surface area (Å²) in [6, 6.07) is 8.26. The molecular formula is C13H20Cl2N2O. The van der Waals surface area contributed by atoms with E-state index in [1.54, 1.807) is 0 Å². The Morgan fingerprint density at radius 3 is 2.28 bits per heavy atom. The number of carbonyl (C=O) groups is 1. The number of carbonyl (C=O) groups excluding carboxylic acids is 1. The molecule has 0 unspecified atom stereocenters.